The van der Waals surface area contributed by atoms with Crippen LogP contribution in [0.1, 0.15) is 56.6 Å². The fourth-order valence-electron chi connectivity index (χ4n) is 5.07. The SMILES string of the molecule is COc1ccc([C@H]2CC(=O)C3=C(C2)NC(C)=C(C(=O)OC(C)C)[C@H]3c2ccc(OC)cc2OC)cc1. The summed E-state index contributed by atoms with van der Waals surface area (Å²) in [7, 11) is 4.78. The second-order valence-corrected chi connectivity index (χ2v) is 9.35. The van der Waals surface area contributed by atoms with Crippen LogP contribution in [0.2, 0.25) is 0 Å². The maximum atomic E-state index is 13.8. The third-order valence-corrected chi connectivity index (χ3v) is 6.73. The van der Waals surface area contributed by atoms with Crippen molar-refractivity contribution in [3.8, 4) is 17.2 Å². The first-order chi connectivity index (χ1) is 17.3. The van der Waals surface area contributed by atoms with Crippen LogP contribution >= 0.6 is 0 Å². The summed E-state index contributed by atoms with van der Waals surface area (Å²) in [5.74, 6) is 0.892. The van der Waals surface area contributed by atoms with Crippen molar-refractivity contribution in [1.29, 1.82) is 0 Å². The Hall–Kier alpha value is -3.74. The van der Waals surface area contributed by atoms with Crippen molar-refractivity contribution in [1.82, 2.24) is 5.32 Å². The third kappa shape index (κ3) is 4.83. The first kappa shape index (κ1) is 25.4. The zero-order valence-electron chi connectivity index (χ0n) is 21.6. The molecule has 0 bridgehead atoms. The third-order valence-electron chi connectivity index (χ3n) is 6.73. The van der Waals surface area contributed by atoms with Gasteiger partial charge in [-0.1, -0.05) is 18.2 Å². The molecule has 1 N–H and O–H groups in total. The Balaban J connectivity index is 1.82. The number of carbonyl (C=O) groups is 2. The van der Waals surface area contributed by atoms with Crippen LogP contribution < -0.4 is 19.5 Å². The summed E-state index contributed by atoms with van der Waals surface area (Å²) in [6, 6.07) is 13.3. The van der Waals surface area contributed by atoms with Crippen molar-refractivity contribution in [2.24, 2.45) is 0 Å². The van der Waals surface area contributed by atoms with Crippen LogP contribution in [0.5, 0.6) is 17.2 Å². The van der Waals surface area contributed by atoms with E-state index in [0.29, 0.717) is 41.2 Å². The smallest absolute Gasteiger partial charge is 0.337 e. The molecule has 1 aliphatic carbocycles. The van der Waals surface area contributed by atoms with E-state index in [1.807, 2.05) is 57.2 Å². The number of dihydropyridines is 1. The van der Waals surface area contributed by atoms with E-state index in [0.717, 1.165) is 22.6 Å². The highest BCUT2D eigenvalue weighted by Gasteiger charge is 2.42. The Morgan fingerprint density at radius 2 is 1.61 bits per heavy atom. The van der Waals surface area contributed by atoms with Crippen LogP contribution in [0, 0.1) is 0 Å². The van der Waals surface area contributed by atoms with Crippen LogP contribution in [0.25, 0.3) is 0 Å². The van der Waals surface area contributed by atoms with Crippen molar-refractivity contribution < 1.29 is 28.5 Å². The number of esters is 1. The molecule has 2 aromatic rings. The molecule has 7 nitrogen and oxygen atoms in total. The number of rotatable bonds is 7. The van der Waals surface area contributed by atoms with Gasteiger partial charge in [0.05, 0.1) is 38.9 Å². The molecule has 0 amide bonds. The number of hydrogen-bond donors (Lipinski definition) is 1. The molecule has 0 spiro atoms. The molecule has 1 heterocycles. The highest BCUT2D eigenvalue weighted by Crippen LogP contribution is 2.48. The van der Waals surface area contributed by atoms with E-state index in [4.69, 9.17) is 18.9 Å². The lowest BCUT2D eigenvalue weighted by molar-refractivity contribution is -0.143. The van der Waals surface area contributed by atoms with Crippen molar-refractivity contribution in [3.05, 3.63) is 76.1 Å². The highest BCUT2D eigenvalue weighted by atomic mass is 16.5. The van der Waals surface area contributed by atoms with Gasteiger partial charge in [-0.05, 0) is 56.9 Å². The molecule has 0 unspecified atom stereocenters. The van der Waals surface area contributed by atoms with Gasteiger partial charge in [-0.2, -0.15) is 0 Å². The average Bonchev–Trinajstić information content (AvgIpc) is 2.86. The summed E-state index contributed by atoms with van der Waals surface area (Å²) < 4.78 is 22.0. The van der Waals surface area contributed by atoms with Crippen molar-refractivity contribution in [2.75, 3.05) is 21.3 Å². The Morgan fingerprint density at radius 3 is 2.22 bits per heavy atom. The van der Waals surface area contributed by atoms with E-state index in [-0.39, 0.29) is 17.8 Å². The predicted molar refractivity (Wildman–Crippen MR) is 136 cm³/mol. The van der Waals surface area contributed by atoms with Crippen molar-refractivity contribution in [3.63, 3.8) is 0 Å². The van der Waals surface area contributed by atoms with Gasteiger partial charge in [0.25, 0.3) is 0 Å². The van der Waals surface area contributed by atoms with E-state index in [1.165, 1.54) is 0 Å². The normalized spacial score (nSPS) is 19.6. The second-order valence-electron chi connectivity index (χ2n) is 9.35. The molecule has 190 valence electrons. The van der Waals surface area contributed by atoms with Crippen molar-refractivity contribution in [2.45, 2.75) is 51.6 Å². The molecule has 2 aromatic carbocycles. The minimum Gasteiger partial charge on any atom is -0.497 e. The minimum absolute atomic E-state index is 0.00483. The Labute approximate surface area is 212 Å². The number of methoxy groups -OCH3 is 3. The van der Waals surface area contributed by atoms with Crippen LogP contribution in [0.15, 0.2) is 65.0 Å². The maximum Gasteiger partial charge on any atom is 0.337 e. The minimum atomic E-state index is -0.613. The number of hydrogen-bond acceptors (Lipinski definition) is 7. The zero-order chi connectivity index (χ0) is 26.0. The number of Topliss-reactive ketones (excluding diaryl/α,β-unsaturated/α-hetero) is 1. The average molecular weight is 492 g/mol. The maximum absolute atomic E-state index is 13.8. The van der Waals surface area contributed by atoms with Gasteiger partial charge in [-0.3, -0.25) is 4.79 Å². The molecule has 2 atom stereocenters. The fraction of sp³-hybridized carbons (Fsp3) is 0.379. The quantitative estimate of drug-likeness (QED) is 0.544. The van der Waals surface area contributed by atoms with E-state index in [9.17, 15) is 9.59 Å². The van der Waals surface area contributed by atoms with Crippen LogP contribution in [-0.2, 0) is 14.3 Å². The van der Waals surface area contributed by atoms with E-state index >= 15 is 0 Å². The first-order valence-corrected chi connectivity index (χ1v) is 12.1. The largest absolute Gasteiger partial charge is 0.497 e. The molecular weight excluding hydrogens is 458 g/mol. The van der Waals surface area contributed by atoms with Gasteiger partial charge in [0, 0.05) is 35.0 Å². The van der Waals surface area contributed by atoms with Gasteiger partial charge in [0.1, 0.15) is 17.2 Å². The highest BCUT2D eigenvalue weighted by molar-refractivity contribution is 6.04. The number of carbonyl (C=O) groups excluding carboxylic acids is 2. The Bertz CT molecular complexity index is 1220. The molecule has 0 saturated carbocycles. The standard InChI is InChI=1S/C29H33NO6/c1-16(2)36-29(32)26-17(3)30-23-13-19(18-7-9-20(33-4)10-8-18)14-24(31)28(23)27(26)22-12-11-21(34-5)15-25(22)35-6/h7-12,15-16,19,27,30H,13-14H2,1-6H3/t19-,27-/m1/s1. The summed E-state index contributed by atoms with van der Waals surface area (Å²) in [5, 5.41) is 3.38. The van der Waals surface area contributed by atoms with E-state index < -0.39 is 11.9 Å². The molecule has 0 aromatic heterocycles. The van der Waals surface area contributed by atoms with E-state index in [1.54, 1.807) is 27.4 Å². The molecule has 1 aliphatic heterocycles. The molecule has 0 fully saturated rings. The summed E-state index contributed by atoms with van der Waals surface area (Å²) in [4.78, 5) is 27.1. The predicted octanol–water partition coefficient (Wildman–Crippen LogP) is 5.03. The fourth-order valence-corrected chi connectivity index (χ4v) is 5.07. The van der Waals surface area contributed by atoms with Gasteiger partial charge in [-0.15, -0.1) is 0 Å². The van der Waals surface area contributed by atoms with Gasteiger partial charge >= 0.3 is 5.97 Å². The van der Waals surface area contributed by atoms with E-state index in [2.05, 4.69) is 5.32 Å². The molecule has 0 saturated heterocycles. The second kappa shape index (κ2) is 10.5. The monoisotopic (exact) mass is 491 g/mol. The summed E-state index contributed by atoms with van der Waals surface area (Å²) in [6.45, 7) is 5.47. The molecule has 4 rings (SSSR count). The Morgan fingerprint density at radius 1 is 0.944 bits per heavy atom. The lowest BCUT2D eigenvalue weighted by Crippen LogP contribution is -2.36. The van der Waals surface area contributed by atoms with Crippen LogP contribution in [-0.4, -0.2) is 39.2 Å². The van der Waals surface area contributed by atoms with Crippen LogP contribution in [0.4, 0.5) is 0 Å². The number of ketones is 1. The molecule has 0 radical (unpaired) electrons. The van der Waals surface area contributed by atoms with Crippen LogP contribution in [0.3, 0.4) is 0 Å². The van der Waals surface area contributed by atoms with Gasteiger partial charge in [0.15, 0.2) is 5.78 Å². The molecule has 36 heavy (non-hydrogen) atoms. The molecular formula is C29H33NO6. The Kier molecular flexibility index (Phi) is 7.38. The number of allylic oxidation sites excluding steroid dienone is 3. The number of benzene rings is 2. The van der Waals surface area contributed by atoms with Gasteiger partial charge in [-0.25, -0.2) is 4.79 Å². The lowest BCUT2D eigenvalue weighted by atomic mass is 9.71. The van der Waals surface area contributed by atoms with Gasteiger partial charge < -0.3 is 24.3 Å². The topological polar surface area (TPSA) is 83.1 Å². The lowest BCUT2D eigenvalue weighted by Gasteiger charge is -2.37. The summed E-state index contributed by atoms with van der Waals surface area (Å²) in [6.07, 6.45) is 0.688. The summed E-state index contributed by atoms with van der Waals surface area (Å²) >= 11 is 0. The van der Waals surface area contributed by atoms with Gasteiger partial charge in [0.2, 0.25) is 0 Å². The molecule has 2 aliphatic rings. The number of ether oxygens (including phenoxy) is 4. The molecule has 7 heteroatoms. The van der Waals surface area contributed by atoms with Crippen molar-refractivity contribution >= 4 is 11.8 Å². The summed E-state index contributed by atoms with van der Waals surface area (Å²) in [5.41, 5.74) is 4.30. The zero-order valence-corrected chi connectivity index (χ0v) is 21.6. The number of nitrogens with one attached hydrogen (secondary N) is 1. The first-order valence-electron chi connectivity index (χ1n) is 12.1.